The molecule has 3 aromatic heterocycles. The van der Waals surface area contributed by atoms with Crippen LogP contribution >= 0.6 is 11.6 Å². The number of hydrogen-bond donors (Lipinski definition) is 0. The average Bonchev–Trinajstić information content (AvgIpc) is 3.25. The molecule has 7 nitrogen and oxygen atoms in total. The molecule has 0 aliphatic heterocycles. The summed E-state index contributed by atoms with van der Waals surface area (Å²) in [6, 6.07) is 15.0. The molecule has 0 atom stereocenters. The number of rotatable bonds is 5. The molecule has 32 heavy (non-hydrogen) atoms. The predicted octanol–water partition coefficient (Wildman–Crippen LogP) is 4.43. The van der Waals surface area contributed by atoms with Gasteiger partial charge in [-0.2, -0.15) is 5.10 Å². The Kier molecular flexibility index (Phi) is 5.03. The molecule has 0 unspecified atom stereocenters. The minimum absolute atomic E-state index is 0.143. The maximum Gasteiger partial charge on any atom is 0.261 e. The zero-order valence-electron chi connectivity index (χ0n) is 17.4. The minimum atomic E-state index is -0.143. The second-order valence-electron chi connectivity index (χ2n) is 7.30. The van der Waals surface area contributed by atoms with Crippen molar-refractivity contribution in [3.05, 3.63) is 88.1 Å². The number of ether oxygens (including phenoxy) is 2. The van der Waals surface area contributed by atoms with E-state index in [4.69, 9.17) is 21.1 Å². The zero-order valence-corrected chi connectivity index (χ0v) is 18.2. The number of fused-ring (bicyclic) bond motifs is 3. The van der Waals surface area contributed by atoms with Crippen molar-refractivity contribution < 1.29 is 9.47 Å². The summed E-state index contributed by atoms with van der Waals surface area (Å²) in [5, 5.41) is 5.64. The van der Waals surface area contributed by atoms with Crippen molar-refractivity contribution in [2.75, 3.05) is 14.2 Å². The lowest BCUT2D eigenvalue weighted by molar-refractivity contribution is 0.354. The van der Waals surface area contributed by atoms with Crippen LogP contribution in [0.1, 0.15) is 5.56 Å². The molecule has 2 aromatic carbocycles. The number of halogens is 1. The standard InChI is InChI=1S/C24H19ClN4O3/c1-31-21-8-3-15(11-22(21)32-2)14-28-10-9-20-19(24(28)30)12-26-23-18(13-27-29(20)23)16-4-6-17(25)7-5-16/h3-13H,14H2,1-2H3. The van der Waals surface area contributed by atoms with Crippen molar-refractivity contribution in [3.63, 3.8) is 0 Å². The molecule has 0 N–H and O–H groups in total. The summed E-state index contributed by atoms with van der Waals surface area (Å²) in [4.78, 5) is 17.7. The van der Waals surface area contributed by atoms with Gasteiger partial charge in [-0.15, -0.1) is 0 Å². The first kappa shape index (κ1) is 20.1. The lowest BCUT2D eigenvalue weighted by Gasteiger charge is -2.11. The molecule has 5 aromatic rings. The molecule has 5 rings (SSSR count). The predicted molar refractivity (Wildman–Crippen MR) is 124 cm³/mol. The van der Waals surface area contributed by atoms with Gasteiger partial charge in [0, 0.05) is 23.0 Å². The van der Waals surface area contributed by atoms with Gasteiger partial charge in [0.05, 0.1) is 37.9 Å². The van der Waals surface area contributed by atoms with Crippen LogP contribution in [0.2, 0.25) is 5.02 Å². The number of benzene rings is 2. The summed E-state index contributed by atoms with van der Waals surface area (Å²) < 4.78 is 14.0. The third-order valence-corrected chi connectivity index (χ3v) is 5.68. The highest BCUT2D eigenvalue weighted by Crippen LogP contribution is 2.28. The van der Waals surface area contributed by atoms with E-state index in [0.29, 0.717) is 39.6 Å². The van der Waals surface area contributed by atoms with E-state index < -0.39 is 0 Å². The van der Waals surface area contributed by atoms with E-state index in [1.165, 1.54) is 0 Å². The Labute approximate surface area is 188 Å². The van der Waals surface area contributed by atoms with E-state index in [-0.39, 0.29) is 5.56 Å². The van der Waals surface area contributed by atoms with Gasteiger partial charge in [-0.25, -0.2) is 9.50 Å². The van der Waals surface area contributed by atoms with Crippen LogP contribution in [-0.4, -0.2) is 33.4 Å². The summed E-state index contributed by atoms with van der Waals surface area (Å²) in [6.45, 7) is 0.391. The largest absolute Gasteiger partial charge is 0.493 e. The van der Waals surface area contributed by atoms with Crippen LogP contribution in [0.15, 0.2) is 71.9 Å². The van der Waals surface area contributed by atoms with E-state index in [1.54, 1.807) is 41.9 Å². The van der Waals surface area contributed by atoms with Crippen LogP contribution in [-0.2, 0) is 6.54 Å². The molecule has 0 fully saturated rings. The molecular weight excluding hydrogens is 428 g/mol. The van der Waals surface area contributed by atoms with Gasteiger partial charge >= 0.3 is 0 Å². The number of methoxy groups -OCH3 is 2. The van der Waals surface area contributed by atoms with E-state index >= 15 is 0 Å². The second-order valence-corrected chi connectivity index (χ2v) is 7.73. The van der Waals surface area contributed by atoms with Crippen molar-refractivity contribution in [1.82, 2.24) is 19.2 Å². The Morgan fingerprint density at radius 3 is 2.50 bits per heavy atom. The zero-order chi connectivity index (χ0) is 22.2. The fraction of sp³-hybridized carbons (Fsp3) is 0.125. The Morgan fingerprint density at radius 1 is 0.969 bits per heavy atom. The number of aromatic nitrogens is 4. The Hall–Kier alpha value is -3.84. The third-order valence-electron chi connectivity index (χ3n) is 5.42. The summed E-state index contributed by atoms with van der Waals surface area (Å²) >= 11 is 6.00. The smallest absolute Gasteiger partial charge is 0.261 e. The topological polar surface area (TPSA) is 70.6 Å². The molecule has 0 spiro atoms. The summed E-state index contributed by atoms with van der Waals surface area (Å²) in [6.07, 6.45) is 5.13. The SMILES string of the molecule is COc1ccc(Cn2ccc3c(cnc4c(-c5ccc(Cl)cc5)cnn43)c2=O)cc1OC. The molecule has 0 amide bonds. The molecular formula is C24H19ClN4O3. The van der Waals surface area contributed by atoms with Crippen LogP contribution < -0.4 is 15.0 Å². The van der Waals surface area contributed by atoms with Crippen LogP contribution in [0.3, 0.4) is 0 Å². The third kappa shape index (κ3) is 3.36. The lowest BCUT2D eigenvalue weighted by Crippen LogP contribution is -2.21. The van der Waals surface area contributed by atoms with Crippen molar-refractivity contribution in [3.8, 4) is 22.6 Å². The highest BCUT2D eigenvalue weighted by Gasteiger charge is 2.13. The molecule has 8 heteroatoms. The van der Waals surface area contributed by atoms with Gasteiger partial charge in [-0.3, -0.25) is 4.79 Å². The summed E-state index contributed by atoms with van der Waals surface area (Å²) in [7, 11) is 3.18. The average molecular weight is 447 g/mol. The van der Waals surface area contributed by atoms with Gasteiger partial charge in [-0.1, -0.05) is 29.8 Å². The van der Waals surface area contributed by atoms with Crippen LogP contribution in [0.4, 0.5) is 0 Å². The maximum absolute atomic E-state index is 13.2. The normalized spacial score (nSPS) is 11.2. The Balaban J connectivity index is 1.56. The molecule has 0 saturated carbocycles. The van der Waals surface area contributed by atoms with Gasteiger partial charge in [-0.05, 0) is 41.5 Å². The lowest BCUT2D eigenvalue weighted by atomic mass is 10.1. The quantitative estimate of drug-likeness (QED) is 0.399. The molecule has 0 aliphatic rings. The summed E-state index contributed by atoms with van der Waals surface area (Å²) in [5.74, 6) is 1.26. The van der Waals surface area contributed by atoms with Crippen LogP contribution in [0.5, 0.6) is 11.5 Å². The molecule has 0 radical (unpaired) electrons. The number of hydrogen-bond acceptors (Lipinski definition) is 5. The molecule has 0 aliphatic carbocycles. The highest BCUT2D eigenvalue weighted by molar-refractivity contribution is 6.30. The highest BCUT2D eigenvalue weighted by atomic mass is 35.5. The van der Waals surface area contributed by atoms with Gasteiger partial charge in [0.15, 0.2) is 17.1 Å². The van der Waals surface area contributed by atoms with Crippen molar-refractivity contribution in [2.24, 2.45) is 0 Å². The van der Waals surface area contributed by atoms with Gasteiger partial charge in [0.2, 0.25) is 0 Å². The number of nitrogens with zero attached hydrogens (tertiary/aromatic N) is 4. The monoisotopic (exact) mass is 446 g/mol. The fourth-order valence-electron chi connectivity index (χ4n) is 3.79. The number of pyridine rings is 1. The van der Waals surface area contributed by atoms with Gasteiger partial charge in [0.1, 0.15) is 0 Å². The molecule has 3 heterocycles. The van der Waals surface area contributed by atoms with E-state index in [0.717, 1.165) is 16.7 Å². The van der Waals surface area contributed by atoms with E-state index in [2.05, 4.69) is 10.1 Å². The van der Waals surface area contributed by atoms with Crippen molar-refractivity contribution in [2.45, 2.75) is 6.54 Å². The first-order valence-electron chi connectivity index (χ1n) is 9.92. The van der Waals surface area contributed by atoms with E-state index in [9.17, 15) is 4.79 Å². The Morgan fingerprint density at radius 2 is 1.75 bits per heavy atom. The van der Waals surface area contributed by atoms with E-state index in [1.807, 2.05) is 48.5 Å². The maximum atomic E-state index is 13.2. The van der Waals surface area contributed by atoms with Crippen molar-refractivity contribution in [1.29, 1.82) is 0 Å². The first-order chi connectivity index (χ1) is 15.6. The molecule has 0 saturated heterocycles. The first-order valence-corrected chi connectivity index (χ1v) is 10.3. The van der Waals surface area contributed by atoms with Gasteiger partial charge < -0.3 is 14.0 Å². The molecule has 160 valence electrons. The van der Waals surface area contributed by atoms with Gasteiger partial charge in [0.25, 0.3) is 5.56 Å². The second kappa shape index (κ2) is 8.01. The summed E-state index contributed by atoms with van der Waals surface area (Å²) in [5.41, 5.74) is 3.98. The minimum Gasteiger partial charge on any atom is -0.493 e. The van der Waals surface area contributed by atoms with Crippen molar-refractivity contribution >= 4 is 28.2 Å². The fourth-order valence-corrected chi connectivity index (χ4v) is 3.92. The molecule has 0 bridgehead atoms. The van der Waals surface area contributed by atoms with Crippen LogP contribution in [0, 0.1) is 0 Å². The Bertz CT molecular complexity index is 1510. The van der Waals surface area contributed by atoms with Crippen LogP contribution in [0.25, 0.3) is 27.7 Å².